The maximum Gasteiger partial charge on any atom is 0.261 e. The molecule has 0 spiro atoms. The fourth-order valence-corrected chi connectivity index (χ4v) is 3.76. The maximum absolute atomic E-state index is 13.3. The van der Waals surface area contributed by atoms with Crippen LogP contribution in [0.4, 0.5) is 5.69 Å². The van der Waals surface area contributed by atoms with Crippen LogP contribution in [0.5, 0.6) is 0 Å². The lowest BCUT2D eigenvalue weighted by Crippen LogP contribution is -2.31. The molecule has 0 aliphatic heterocycles. The van der Waals surface area contributed by atoms with Gasteiger partial charge in [-0.3, -0.25) is 14.2 Å². The van der Waals surface area contributed by atoms with Gasteiger partial charge in [0.1, 0.15) is 5.82 Å². The normalized spacial score (nSPS) is 10.9. The summed E-state index contributed by atoms with van der Waals surface area (Å²) < 4.78 is 1.73. The minimum Gasteiger partial charge on any atom is -0.313 e. The van der Waals surface area contributed by atoms with Crippen LogP contribution in [-0.2, 0) is 11.3 Å². The van der Waals surface area contributed by atoms with E-state index in [1.165, 1.54) is 0 Å². The van der Waals surface area contributed by atoms with E-state index in [0.29, 0.717) is 36.2 Å². The lowest BCUT2D eigenvalue weighted by atomic mass is 10.1. The van der Waals surface area contributed by atoms with Crippen molar-refractivity contribution in [3.05, 3.63) is 94.8 Å². The van der Waals surface area contributed by atoms with Crippen LogP contribution in [0.3, 0.4) is 0 Å². The van der Waals surface area contributed by atoms with Crippen LogP contribution in [-0.4, -0.2) is 22.0 Å². The molecule has 4 aromatic rings. The summed E-state index contributed by atoms with van der Waals surface area (Å²) >= 11 is 0. The van der Waals surface area contributed by atoms with Gasteiger partial charge in [-0.1, -0.05) is 60.2 Å². The predicted molar refractivity (Wildman–Crippen MR) is 125 cm³/mol. The Labute approximate surface area is 181 Å². The summed E-state index contributed by atoms with van der Waals surface area (Å²) in [5.74, 6) is 0.630. The van der Waals surface area contributed by atoms with Gasteiger partial charge in [0.25, 0.3) is 5.56 Å². The van der Waals surface area contributed by atoms with E-state index < -0.39 is 0 Å². The standard InChI is InChI=1S/C26H25N3O2/c1-19-13-15-22(16-14-19)28(20(2)30)17-8-18-29-25(21-9-4-3-5-10-21)27-24-12-7-6-11-23(24)26(29)31/h3-7,9-16H,8,17-18H2,1-2H3. The molecule has 1 heterocycles. The van der Waals surface area contributed by atoms with E-state index >= 15 is 0 Å². The van der Waals surface area contributed by atoms with Gasteiger partial charge >= 0.3 is 0 Å². The number of benzene rings is 3. The van der Waals surface area contributed by atoms with Gasteiger partial charge in [0.2, 0.25) is 5.91 Å². The number of rotatable bonds is 6. The number of amides is 1. The Morgan fingerprint density at radius 3 is 2.32 bits per heavy atom. The monoisotopic (exact) mass is 411 g/mol. The molecule has 3 aromatic carbocycles. The van der Waals surface area contributed by atoms with Crippen LogP contribution in [0.15, 0.2) is 83.7 Å². The van der Waals surface area contributed by atoms with Crippen molar-refractivity contribution < 1.29 is 4.79 Å². The molecular formula is C26H25N3O2. The molecule has 1 amide bonds. The molecule has 4 rings (SSSR count). The number of hydrogen-bond donors (Lipinski definition) is 0. The lowest BCUT2D eigenvalue weighted by molar-refractivity contribution is -0.116. The zero-order chi connectivity index (χ0) is 21.8. The van der Waals surface area contributed by atoms with Crippen molar-refractivity contribution in [3.8, 4) is 11.4 Å². The second-order valence-corrected chi connectivity index (χ2v) is 7.64. The highest BCUT2D eigenvalue weighted by Crippen LogP contribution is 2.20. The Hall–Kier alpha value is -3.73. The number of para-hydroxylation sites is 1. The molecule has 5 heteroatoms. The van der Waals surface area contributed by atoms with Gasteiger partial charge in [-0.15, -0.1) is 0 Å². The van der Waals surface area contributed by atoms with Crippen molar-refractivity contribution in [2.24, 2.45) is 0 Å². The fourth-order valence-electron chi connectivity index (χ4n) is 3.76. The largest absolute Gasteiger partial charge is 0.313 e. The number of nitrogens with zero attached hydrogens (tertiary/aromatic N) is 3. The Bertz CT molecular complexity index is 1260. The van der Waals surface area contributed by atoms with Crippen molar-refractivity contribution in [2.75, 3.05) is 11.4 Å². The molecule has 0 radical (unpaired) electrons. The summed E-state index contributed by atoms with van der Waals surface area (Å²) in [6, 6.07) is 25.1. The third kappa shape index (κ3) is 4.40. The average molecular weight is 412 g/mol. The van der Waals surface area contributed by atoms with Crippen molar-refractivity contribution in [2.45, 2.75) is 26.8 Å². The molecular weight excluding hydrogens is 386 g/mol. The first kappa shape index (κ1) is 20.5. The molecule has 0 saturated carbocycles. The third-order valence-corrected chi connectivity index (χ3v) is 5.38. The molecule has 31 heavy (non-hydrogen) atoms. The highest BCUT2D eigenvalue weighted by atomic mass is 16.2. The molecule has 156 valence electrons. The van der Waals surface area contributed by atoms with Crippen LogP contribution in [0.2, 0.25) is 0 Å². The molecule has 0 bridgehead atoms. The molecule has 0 atom stereocenters. The summed E-state index contributed by atoms with van der Waals surface area (Å²) in [5.41, 5.74) is 3.54. The van der Waals surface area contributed by atoms with E-state index in [2.05, 4.69) is 0 Å². The van der Waals surface area contributed by atoms with E-state index in [1.807, 2.05) is 85.8 Å². The van der Waals surface area contributed by atoms with Crippen molar-refractivity contribution in [1.82, 2.24) is 9.55 Å². The summed E-state index contributed by atoms with van der Waals surface area (Å²) in [6.45, 7) is 4.58. The molecule has 5 nitrogen and oxygen atoms in total. The second kappa shape index (κ2) is 8.96. The topological polar surface area (TPSA) is 55.2 Å². The van der Waals surface area contributed by atoms with Gasteiger partial charge in [0.15, 0.2) is 0 Å². The SMILES string of the molecule is CC(=O)N(CCCn1c(-c2ccccc2)nc2ccccc2c1=O)c1ccc(C)cc1. The molecule has 1 aromatic heterocycles. The maximum atomic E-state index is 13.3. The fraction of sp³-hybridized carbons (Fsp3) is 0.192. The first-order chi connectivity index (χ1) is 15.0. The zero-order valence-corrected chi connectivity index (χ0v) is 17.8. The number of hydrogen-bond acceptors (Lipinski definition) is 3. The molecule has 0 unspecified atom stereocenters. The van der Waals surface area contributed by atoms with Gasteiger partial charge in [-0.25, -0.2) is 4.98 Å². The van der Waals surface area contributed by atoms with Crippen LogP contribution < -0.4 is 10.5 Å². The smallest absolute Gasteiger partial charge is 0.261 e. The Morgan fingerprint density at radius 2 is 1.61 bits per heavy atom. The molecule has 0 saturated heterocycles. The minimum absolute atomic E-state index is 0.0175. The van der Waals surface area contributed by atoms with E-state index in [9.17, 15) is 9.59 Å². The van der Waals surface area contributed by atoms with Crippen LogP contribution in [0.25, 0.3) is 22.3 Å². The Kier molecular flexibility index (Phi) is 5.94. The summed E-state index contributed by atoms with van der Waals surface area (Å²) in [4.78, 5) is 32.1. The highest BCUT2D eigenvalue weighted by molar-refractivity contribution is 5.91. The minimum atomic E-state index is -0.0610. The van der Waals surface area contributed by atoms with Gasteiger partial charge in [0.05, 0.1) is 10.9 Å². The lowest BCUT2D eigenvalue weighted by Gasteiger charge is -2.22. The van der Waals surface area contributed by atoms with E-state index in [0.717, 1.165) is 16.8 Å². The zero-order valence-electron chi connectivity index (χ0n) is 17.8. The van der Waals surface area contributed by atoms with E-state index in [-0.39, 0.29) is 11.5 Å². The molecule has 0 aliphatic carbocycles. The Balaban J connectivity index is 1.66. The van der Waals surface area contributed by atoms with Crippen LogP contribution >= 0.6 is 0 Å². The number of aromatic nitrogens is 2. The first-order valence-corrected chi connectivity index (χ1v) is 10.4. The molecule has 0 aliphatic rings. The van der Waals surface area contributed by atoms with E-state index in [1.54, 1.807) is 16.4 Å². The summed E-state index contributed by atoms with van der Waals surface area (Å²) in [6.07, 6.45) is 0.632. The number of aryl methyl sites for hydroxylation is 1. The van der Waals surface area contributed by atoms with Gasteiger partial charge in [0, 0.05) is 31.3 Å². The summed E-state index contributed by atoms with van der Waals surface area (Å²) in [7, 11) is 0. The predicted octanol–water partition coefficient (Wildman–Crippen LogP) is 4.82. The van der Waals surface area contributed by atoms with Crippen molar-refractivity contribution in [3.63, 3.8) is 0 Å². The second-order valence-electron chi connectivity index (χ2n) is 7.64. The summed E-state index contributed by atoms with van der Waals surface area (Å²) in [5, 5.41) is 0.601. The number of fused-ring (bicyclic) bond motifs is 1. The van der Waals surface area contributed by atoms with Crippen molar-refractivity contribution >= 4 is 22.5 Å². The van der Waals surface area contributed by atoms with Crippen LogP contribution in [0.1, 0.15) is 18.9 Å². The quantitative estimate of drug-likeness (QED) is 0.457. The number of carbonyl (C=O) groups excluding carboxylic acids is 1. The van der Waals surface area contributed by atoms with E-state index in [4.69, 9.17) is 4.98 Å². The van der Waals surface area contributed by atoms with Gasteiger partial charge in [-0.05, 0) is 37.6 Å². The van der Waals surface area contributed by atoms with Crippen LogP contribution in [0, 0.1) is 6.92 Å². The number of anilines is 1. The molecule has 0 N–H and O–H groups in total. The first-order valence-electron chi connectivity index (χ1n) is 10.4. The average Bonchev–Trinajstić information content (AvgIpc) is 2.79. The number of carbonyl (C=O) groups is 1. The highest BCUT2D eigenvalue weighted by Gasteiger charge is 2.15. The van der Waals surface area contributed by atoms with Gasteiger partial charge < -0.3 is 4.90 Å². The van der Waals surface area contributed by atoms with Gasteiger partial charge in [-0.2, -0.15) is 0 Å². The Morgan fingerprint density at radius 1 is 0.935 bits per heavy atom. The van der Waals surface area contributed by atoms with Crippen molar-refractivity contribution in [1.29, 1.82) is 0 Å². The molecule has 0 fully saturated rings. The third-order valence-electron chi connectivity index (χ3n) is 5.38.